The second kappa shape index (κ2) is 10.6. The van der Waals surface area contributed by atoms with Gasteiger partial charge in [-0.3, -0.25) is 9.59 Å². The van der Waals surface area contributed by atoms with E-state index in [9.17, 15) is 9.59 Å². The Kier molecular flexibility index (Phi) is 7.64. The zero-order valence-corrected chi connectivity index (χ0v) is 16.7. The van der Waals surface area contributed by atoms with E-state index < -0.39 is 0 Å². The molecule has 0 aliphatic carbocycles. The Balaban J connectivity index is 1.58. The lowest BCUT2D eigenvalue weighted by Crippen LogP contribution is -2.49. The molecule has 3 rings (SSSR count). The van der Waals surface area contributed by atoms with Gasteiger partial charge in [-0.05, 0) is 49.1 Å². The lowest BCUT2D eigenvalue weighted by molar-refractivity contribution is -0.121. The number of rotatable bonds is 8. The Labute approximate surface area is 172 Å². The topological polar surface area (TPSA) is 84.7 Å². The number of carbonyl (C=O) groups is 2. The third kappa shape index (κ3) is 6.06. The third-order valence-electron chi connectivity index (χ3n) is 5.14. The average Bonchev–Trinajstić information content (AvgIpc) is 2.77. The van der Waals surface area contributed by atoms with Crippen LogP contribution in [-0.4, -0.2) is 42.4 Å². The summed E-state index contributed by atoms with van der Waals surface area (Å²) in [6.45, 7) is 1.99. The van der Waals surface area contributed by atoms with Crippen LogP contribution in [0.5, 0.6) is 5.75 Å². The molecule has 2 aromatic rings. The van der Waals surface area contributed by atoms with E-state index in [1.165, 1.54) is 0 Å². The first kappa shape index (κ1) is 20.9. The van der Waals surface area contributed by atoms with E-state index in [0.29, 0.717) is 31.7 Å². The minimum atomic E-state index is -0.0618. The smallest absolute Gasteiger partial charge is 0.254 e. The molecule has 0 aromatic heterocycles. The second-order valence-electron chi connectivity index (χ2n) is 7.29. The van der Waals surface area contributed by atoms with Gasteiger partial charge in [-0.25, -0.2) is 0 Å². The number of likely N-dealkylation sites (tertiary alicyclic amines) is 1. The number of nitrogens with two attached hydrogens (primary N) is 1. The van der Waals surface area contributed by atoms with Crippen LogP contribution in [0.4, 0.5) is 0 Å². The molecule has 1 heterocycles. The highest BCUT2D eigenvalue weighted by Gasteiger charge is 2.27. The van der Waals surface area contributed by atoms with E-state index >= 15 is 0 Å². The first-order valence-corrected chi connectivity index (χ1v) is 10.2. The van der Waals surface area contributed by atoms with Gasteiger partial charge >= 0.3 is 0 Å². The van der Waals surface area contributed by atoms with Gasteiger partial charge in [0, 0.05) is 37.7 Å². The molecule has 6 nitrogen and oxygen atoms in total. The molecular weight excluding hydrogens is 366 g/mol. The van der Waals surface area contributed by atoms with Gasteiger partial charge in [-0.2, -0.15) is 0 Å². The van der Waals surface area contributed by atoms with Crippen molar-refractivity contribution in [1.82, 2.24) is 10.2 Å². The standard InChI is InChI=1S/C23H29N3O3/c24-14-13-22(27)25-16-20-6-4-5-15-26(20)23(28)19-11-9-18(10-12-19)17-29-21-7-2-1-3-8-21/h1-3,7-12,20H,4-6,13-17,24H2,(H,25,27). The van der Waals surface area contributed by atoms with Crippen LogP contribution >= 0.6 is 0 Å². The number of hydrogen-bond acceptors (Lipinski definition) is 4. The highest BCUT2D eigenvalue weighted by atomic mass is 16.5. The first-order valence-electron chi connectivity index (χ1n) is 10.2. The highest BCUT2D eigenvalue weighted by Crippen LogP contribution is 2.20. The van der Waals surface area contributed by atoms with Gasteiger partial charge in [0.2, 0.25) is 5.91 Å². The van der Waals surface area contributed by atoms with Crippen LogP contribution in [0.1, 0.15) is 41.6 Å². The number of ether oxygens (including phenoxy) is 1. The number of nitrogens with zero attached hydrogens (tertiary/aromatic N) is 1. The Morgan fingerprint density at radius 3 is 2.55 bits per heavy atom. The molecule has 0 bridgehead atoms. The maximum atomic E-state index is 13.0. The summed E-state index contributed by atoms with van der Waals surface area (Å²) in [5.74, 6) is 0.770. The van der Waals surface area contributed by atoms with Crippen LogP contribution in [0, 0.1) is 0 Å². The first-order chi connectivity index (χ1) is 14.2. The summed E-state index contributed by atoms with van der Waals surface area (Å²) in [7, 11) is 0. The summed E-state index contributed by atoms with van der Waals surface area (Å²) >= 11 is 0. The van der Waals surface area contributed by atoms with Gasteiger partial charge in [-0.15, -0.1) is 0 Å². The van der Waals surface area contributed by atoms with Crippen molar-refractivity contribution >= 4 is 11.8 Å². The quantitative estimate of drug-likeness (QED) is 0.720. The van der Waals surface area contributed by atoms with Crippen LogP contribution in [0.25, 0.3) is 0 Å². The van der Waals surface area contributed by atoms with E-state index in [-0.39, 0.29) is 17.9 Å². The normalized spacial score (nSPS) is 16.3. The van der Waals surface area contributed by atoms with Crippen molar-refractivity contribution in [3.63, 3.8) is 0 Å². The monoisotopic (exact) mass is 395 g/mol. The number of piperidine rings is 1. The third-order valence-corrected chi connectivity index (χ3v) is 5.14. The molecule has 0 saturated carbocycles. The van der Waals surface area contributed by atoms with Gasteiger partial charge in [0.05, 0.1) is 0 Å². The number of nitrogens with one attached hydrogen (secondary N) is 1. The van der Waals surface area contributed by atoms with Gasteiger partial charge in [0.1, 0.15) is 12.4 Å². The predicted octanol–water partition coefficient (Wildman–Crippen LogP) is 2.73. The largest absolute Gasteiger partial charge is 0.489 e. The number of para-hydroxylation sites is 1. The molecule has 6 heteroatoms. The fourth-order valence-corrected chi connectivity index (χ4v) is 3.52. The Morgan fingerprint density at radius 2 is 1.83 bits per heavy atom. The highest BCUT2D eigenvalue weighted by molar-refractivity contribution is 5.94. The van der Waals surface area contributed by atoms with Crippen molar-refractivity contribution in [1.29, 1.82) is 0 Å². The average molecular weight is 396 g/mol. The molecule has 1 fully saturated rings. The Bertz CT molecular complexity index is 793. The summed E-state index contributed by atoms with van der Waals surface area (Å²) in [5.41, 5.74) is 7.09. The molecular formula is C23H29N3O3. The van der Waals surface area contributed by atoms with Crippen LogP contribution in [-0.2, 0) is 11.4 Å². The molecule has 2 aromatic carbocycles. The predicted molar refractivity (Wildman–Crippen MR) is 113 cm³/mol. The fraction of sp³-hybridized carbons (Fsp3) is 0.391. The molecule has 1 unspecified atom stereocenters. The molecule has 29 heavy (non-hydrogen) atoms. The summed E-state index contributed by atoms with van der Waals surface area (Å²) in [4.78, 5) is 26.7. The minimum absolute atomic E-state index is 0.0123. The molecule has 1 aliphatic heterocycles. The van der Waals surface area contributed by atoms with Crippen LogP contribution in [0.15, 0.2) is 54.6 Å². The van der Waals surface area contributed by atoms with E-state index in [1.54, 1.807) is 0 Å². The zero-order chi connectivity index (χ0) is 20.5. The molecule has 154 valence electrons. The molecule has 1 aliphatic rings. The van der Waals surface area contributed by atoms with Crippen LogP contribution < -0.4 is 15.8 Å². The molecule has 1 saturated heterocycles. The Morgan fingerprint density at radius 1 is 1.07 bits per heavy atom. The number of benzene rings is 2. The van der Waals surface area contributed by atoms with E-state index in [0.717, 1.165) is 37.1 Å². The summed E-state index contributed by atoms with van der Waals surface area (Å²) in [6, 6.07) is 17.2. The van der Waals surface area contributed by atoms with E-state index in [2.05, 4.69) is 5.32 Å². The maximum absolute atomic E-state index is 13.0. The number of amides is 2. The minimum Gasteiger partial charge on any atom is -0.489 e. The summed E-state index contributed by atoms with van der Waals surface area (Å²) in [6.07, 6.45) is 3.27. The van der Waals surface area contributed by atoms with Crippen molar-refractivity contribution < 1.29 is 14.3 Å². The fourth-order valence-electron chi connectivity index (χ4n) is 3.52. The van der Waals surface area contributed by atoms with Crippen LogP contribution in [0.2, 0.25) is 0 Å². The summed E-state index contributed by atoms with van der Waals surface area (Å²) < 4.78 is 5.76. The lowest BCUT2D eigenvalue weighted by atomic mass is 10.00. The van der Waals surface area contributed by atoms with Crippen molar-refractivity contribution in [2.45, 2.75) is 38.3 Å². The summed E-state index contributed by atoms with van der Waals surface area (Å²) in [5, 5.41) is 2.90. The Hall–Kier alpha value is -2.86. The van der Waals surface area contributed by atoms with E-state index in [4.69, 9.17) is 10.5 Å². The van der Waals surface area contributed by atoms with Crippen molar-refractivity contribution in [2.24, 2.45) is 5.73 Å². The lowest BCUT2D eigenvalue weighted by Gasteiger charge is -2.36. The zero-order valence-electron chi connectivity index (χ0n) is 16.7. The van der Waals surface area contributed by atoms with Gasteiger partial charge in [0.15, 0.2) is 0 Å². The van der Waals surface area contributed by atoms with Gasteiger partial charge in [-0.1, -0.05) is 30.3 Å². The molecule has 0 spiro atoms. The van der Waals surface area contributed by atoms with E-state index in [1.807, 2.05) is 59.5 Å². The molecule has 2 amide bonds. The van der Waals surface area contributed by atoms with Crippen molar-refractivity contribution in [2.75, 3.05) is 19.6 Å². The second-order valence-corrected chi connectivity index (χ2v) is 7.29. The molecule has 0 radical (unpaired) electrons. The van der Waals surface area contributed by atoms with Crippen molar-refractivity contribution in [3.8, 4) is 5.75 Å². The molecule has 3 N–H and O–H groups in total. The van der Waals surface area contributed by atoms with Crippen molar-refractivity contribution in [3.05, 3.63) is 65.7 Å². The number of hydrogen-bond donors (Lipinski definition) is 2. The maximum Gasteiger partial charge on any atom is 0.254 e. The SMILES string of the molecule is NCCC(=O)NCC1CCCCN1C(=O)c1ccc(COc2ccccc2)cc1. The van der Waals surface area contributed by atoms with Gasteiger partial charge in [0.25, 0.3) is 5.91 Å². The number of carbonyl (C=O) groups excluding carboxylic acids is 2. The molecule has 1 atom stereocenters. The van der Waals surface area contributed by atoms with Crippen LogP contribution in [0.3, 0.4) is 0 Å². The van der Waals surface area contributed by atoms with Gasteiger partial charge < -0.3 is 20.7 Å².